The van der Waals surface area contributed by atoms with Gasteiger partial charge in [0.2, 0.25) is 0 Å². The number of nitrogens with zero attached hydrogens (tertiary/aromatic N) is 2. The molecule has 148 valence electrons. The van der Waals surface area contributed by atoms with Crippen LogP contribution in [-0.4, -0.2) is 15.0 Å². The number of hydrogen-bond donors (Lipinski definition) is 2. The zero-order valence-corrected chi connectivity index (χ0v) is 16.2. The molecular weight excluding hydrogens is 394 g/mol. The van der Waals surface area contributed by atoms with Gasteiger partial charge < -0.3 is 10.4 Å². The van der Waals surface area contributed by atoms with E-state index in [2.05, 4.69) is 5.32 Å². The average molecular weight is 411 g/mol. The first-order chi connectivity index (χ1) is 13.8. The molecule has 0 unspecified atom stereocenters. The lowest BCUT2D eigenvalue weighted by molar-refractivity contribution is -0.385. The Labute approximate surface area is 170 Å². The number of hydrogen-bond acceptors (Lipinski definition) is 7. The van der Waals surface area contributed by atoms with Gasteiger partial charge in [-0.05, 0) is 42.8 Å². The summed E-state index contributed by atoms with van der Waals surface area (Å²) in [6.07, 6.45) is 0. The third-order valence-electron chi connectivity index (χ3n) is 4.16. The maximum atomic E-state index is 11.2. The van der Waals surface area contributed by atoms with Crippen molar-refractivity contribution in [2.45, 2.75) is 23.3 Å². The fourth-order valence-corrected chi connectivity index (χ4v) is 3.55. The van der Waals surface area contributed by atoms with E-state index in [0.717, 1.165) is 15.4 Å². The molecule has 0 saturated heterocycles. The van der Waals surface area contributed by atoms with Crippen LogP contribution >= 0.6 is 11.8 Å². The van der Waals surface area contributed by atoms with Crippen LogP contribution < -0.4 is 5.32 Å². The summed E-state index contributed by atoms with van der Waals surface area (Å²) >= 11 is 1.48. The highest BCUT2D eigenvalue weighted by Crippen LogP contribution is 2.34. The normalized spacial score (nSPS) is 10.5. The second kappa shape index (κ2) is 8.61. The van der Waals surface area contributed by atoms with Crippen molar-refractivity contribution in [2.75, 3.05) is 5.32 Å². The first-order valence-electron chi connectivity index (χ1n) is 8.56. The van der Waals surface area contributed by atoms with Crippen LogP contribution in [0.15, 0.2) is 70.5 Å². The van der Waals surface area contributed by atoms with E-state index in [0.29, 0.717) is 11.3 Å². The zero-order chi connectivity index (χ0) is 21.0. The largest absolute Gasteiger partial charge is 0.502 e. The Morgan fingerprint density at radius 1 is 0.966 bits per heavy atom. The third kappa shape index (κ3) is 5.02. The number of non-ortho nitro benzene ring substituents is 1. The van der Waals surface area contributed by atoms with Crippen LogP contribution in [0.5, 0.6) is 5.75 Å². The minimum Gasteiger partial charge on any atom is -0.502 e. The maximum Gasteiger partial charge on any atom is 0.312 e. The Bertz CT molecular complexity index is 1070. The summed E-state index contributed by atoms with van der Waals surface area (Å²) in [4.78, 5) is 22.8. The van der Waals surface area contributed by atoms with Crippen molar-refractivity contribution in [1.29, 1.82) is 0 Å². The number of phenolic OH excluding ortho intramolecular Hbond substituents is 1. The molecule has 0 amide bonds. The van der Waals surface area contributed by atoms with Gasteiger partial charge in [-0.15, -0.1) is 0 Å². The number of phenols is 1. The van der Waals surface area contributed by atoms with Crippen LogP contribution in [0.25, 0.3) is 0 Å². The van der Waals surface area contributed by atoms with Crippen molar-refractivity contribution < 1.29 is 15.0 Å². The summed E-state index contributed by atoms with van der Waals surface area (Å²) < 4.78 is 0. The number of nitrogens with one attached hydrogen (secondary N) is 1. The molecule has 0 aliphatic rings. The summed E-state index contributed by atoms with van der Waals surface area (Å²) in [7, 11) is 0. The lowest BCUT2D eigenvalue weighted by atomic mass is 10.2. The van der Waals surface area contributed by atoms with Crippen LogP contribution in [0.2, 0.25) is 0 Å². The number of rotatable bonds is 7. The number of aromatic hydroxyl groups is 1. The van der Waals surface area contributed by atoms with Gasteiger partial charge in [-0.1, -0.05) is 29.5 Å². The molecule has 3 rings (SSSR count). The molecular formula is C20H17N3O5S. The number of benzene rings is 3. The van der Waals surface area contributed by atoms with Crippen LogP contribution in [0.3, 0.4) is 0 Å². The molecule has 0 spiro atoms. The predicted octanol–water partition coefficient (Wildman–Crippen LogP) is 5.28. The molecule has 3 aromatic carbocycles. The predicted molar refractivity (Wildman–Crippen MR) is 110 cm³/mol. The molecule has 0 aromatic heterocycles. The maximum absolute atomic E-state index is 11.2. The molecule has 0 heterocycles. The van der Waals surface area contributed by atoms with Gasteiger partial charge in [-0.25, -0.2) is 0 Å². The van der Waals surface area contributed by atoms with Gasteiger partial charge in [0.05, 0.1) is 9.85 Å². The third-order valence-corrected chi connectivity index (χ3v) is 5.28. The standard InChI is InChI=1S/C20H17N3O5S/c1-13-2-6-17(7-3-13)29-20-9-5-16(22(25)26)10-14(20)12-21-15-4-8-19(24)18(11-15)23(27)28/h2-11,21,24H,12H2,1H3. The SMILES string of the molecule is Cc1ccc(Sc2ccc([N+](=O)[O-])cc2CNc2ccc(O)c([N+](=O)[O-])c2)cc1. The summed E-state index contributed by atoms with van der Waals surface area (Å²) in [5, 5.41) is 34.8. The van der Waals surface area contributed by atoms with Crippen molar-refractivity contribution in [2.24, 2.45) is 0 Å². The molecule has 9 heteroatoms. The van der Waals surface area contributed by atoms with Crippen molar-refractivity contribution in [3.8, 4) is 5.75 Å². The number of aryl methyl sites for hydroxylation is 1. The average Bonchev–Trinajstić information content (AvgIpc) is 2.69. The quantitative estimate of drug-likeness (QED) is 0.308. The molecule has 0 aliphatic heterocycles. The highest BCUT2D eigenvalue weighted by atomic mass is 32.2. The van der Waals surface area contributed by atoms with E-state index >= 15 is 0 Å². The zero-order valence-electron chi connectivity index (χ0n) is 15.4. The number of nitro groups is 2. The number of anilines is 1. The molecule has 0 bridgehead atoms. The second-order valence-corrected chi connectivity index (χ2v) is 7.39. The van der Waals surface area contributed by atoms with Crippen molar-refractivity contribution in [3.05, 3.63) is 92.0 Å². The number of nitro benzene ring substituents is 2. The lowest BCUT2D eigenvalue weighted by Gasteiger charge is -2.12. The van der Waals surface area contributed by atoms with Crippen molar-refractivity contribution in [3.63, 3.8) is 0 Å². The summed E-state index contributed by atoms with van der Waals surface area (Å²) in [6, 6.07) is 16.5. The molecule has 0 fully saturated rings. The highest BCUT2D eigenvalue weighted by molar-refractivity contribution is 7.99. The van der Waals surface area contributed by atoms with E-state index in [-0.39, 0.29) is 12.2 Å². The Morgan fingerprint density at radius 3 is 2.34 bits per heavy atom. The molecule has 8 nitrogen and oxygen atoms in total. The summed E-state index contributed by atoms with van der Waals surface area (Å²) in [5.41, 5.74) is 1.79. The van der Waals surface area contributed by atoms with Gasteiger partial charge >= 0.3 is 5.69 Å². The van der Waals surface area contributed by atoms with Crippen LogP contribution in [0, 0.1) is 27.2 Å². The molecule has 0 aliphatic carbocycles. The Kier molecular flexibility index (Phi) is 5.99. The first kappa shape index (κ1) is 20.2. The van der Waals surface area contributed by atoms with Gasteiger partial charge in [0.15, 0.2) is 5.75 Å². The monoisotopic (exact) mass is 411 g/mol. The molecule has 0 radical (unpaired) electrons. The molecule has 2 N–H and O–H groups in total. The highest BCUT2D eigenvalue weighted by Gasteiger charge is 2.15. The van der Waals surface area contributed by atoms with Gasteiger partial charge in [0, 0.05) is 40.2 Å². The molecule has 0 saturated carbocycles. The van der Waals surface area contributed by atoms with E-state index in [1.807, 2.05) is 31.2 Å². The van der Waals surface area contributed by atoms with Crippen LogP contribution in [0.1, 0.15) is 11.1 Å². The summed E-state index contributed by atoms with van der Waals surface area (Å²) in [6.45, 7) is 2.21. The molecule has 29 heavy (non-hydrogen) atoms. The smallest absolute Gasteiger partial charge is 0.312 e. The summed E-state index contributed by atoms with van der Waals surface area (Å²) in [5.74, 6) is -0.425. The fraction of sp³-hybridized carbons (Fsp3) is 0.100. The topological polar surface area (TPSA) is 119 Å². The van der Waals surface area contributed by atoms with Gasteiger partial charge in [0.1, 0.15) is 0 Å². The fourth-order valence-electron chi connectivity index (χ4n) is 2.63. The van der Waals surface area contributed by atoms with Gasteiger partial charge in [-0.2, -0.15) is 0 Å². The molecule has 3 aromatic rings. The second-order valence-electron chi connectivity index (χ2n) is 6.28. The minimum absolute atomic E-state index is 0.0354. The van der Waals surface area contributed by atoms with Crippen molar-refractivity contribution >= 4 is 28.8 Å². The minimum atomic E-state index is -0.674. The molecule has 0 atom stereocenters. The lowest BCUT2D eigenvalue weighted by Crippen LogP contribution is -2.02. The van der Waals surface area contributed by atoms with E-state index in [9.17, 15) is 25.3 Å². The van der Waals surface area contributed by atoms with E-state index in [1.165, 1.54) is 42.1 Å². The van der Waals surface area contributed by atoms with E-state index < -0.39 is 21.3 Å². The van der Waals surface area contributed by atoms with Crippen LogP contribution in [-0.2, 0) is 6.54 Å². The van der Waals surface area contributed by atoms with E-state index in [1.54, 1.807) is 6.07 Å². The Hall–Kier alpha value is -3.59. The van der Waals surface area contributed by atoms with Gasteiger partial charge in [-0.3, -0.25) is 20.2 Å². The first-order valence-corrected chi connectivity index (χ1v) is 9.38. The van der Waals surface area contributed by atoms with Crippen LogP contribution in [0.4, 0.5) is 17.1 Å². The van der Waals surface area contributed by atoms with Crippen molar-refractivity contribution in [1.82, 2.24) is 0 Å². The van der Waals surface area contributed by atoms with Gasteiger partial charge in [0.25, 0.3) is 5.69 Å². The van der Waals surface area contributed by atoms with E-state index in [4.69, 9.17) is 0 Å². The Morgan fingerprint density at radius 2 is 1.69 bits per heavy atom. The Balaban J connectivity index is 1.87.